The molecule has 0 saturated carbocycles. The van der Waals surface area contributed by atoms with Crippen LogP contribution in [0.2, 0.25) is 0 Å². The summed E-state index contributed by atoms with van der Waals surface area (Å²) in [6.07, 6.45) is 6.34. The molecule has 0 saturated heterocycles. The van der Waals surface area contributed by atoms with Crippen LogP contribution in [0.5, 0.6) is 0 Å². The smallest absolute Gasteiger partial charge is 0.00992 e. The number of halogens is 2. The Bertz CT molecular complexity index is 419. The molecule has 0 N–H and O–H groups in total. The van der Waals surface area contributed by atoms with Gasteiger partial charge in [-0.25, -0.2) is 0 Å². The van der Waals surface area contributed by atoms with E-state index in [9.17, 15) is 0 Å². The molecule has 1 aromatic carbocycles. The molecular weight excluding hydrogens is 364 g/mol. The first-order valence-corrected chi connectivity index (χ1v) is 9.55. The van der Waals surface area contributed by atoms with Gasteiger partial charge in [-0.15, -0.1) is 0 Å². The number of aryl methyl sites for hydroxylation is 2. The third kappa shape index (κ3) is 3.85. The Kier molecular flexibility index (Phi) is 5.54. The topological polar surface area (TPSA) is 0 Å². The highest BCUT2D eigenvalue weighted by molar-refractivity contribution is 9.09. The van der Waals surface area contributed by atoms with E-state index in [0.717, 1.165) is 16.6 Å². The van der Waals surface area contributed by atoms with Crippen molar-refractivity contribution < 1.29 is 0 Å². The highest BCUT2D eigenvalue weighted by Gasteiger charge is 2.29. The largest absolute Gasteiger partial charge is 0.0922 e. The number of hydrogen-bond acceptors (Lipinski definition) is 0. The Balaban J connectivity index is 2.17. The van der Waals surface area contributed by atoms with Gasteiger partial charge in [0.25, 0.3) is 0 Å². The summed E-state index contributed by atoms with van der Waals surface area (Å²) in [5, 5.41) is 2.14. The maximum Gasteiger partial charge on any atom is 0.00992 e. The zero-order valence-electron chi connectivity index (χ0n) is 12.0. The number of rotatable bonds is 6. The Morgan fingerprint density at radius 3 is 2.42 bits per heavy atom. The SMILES string of the molecule is CC(C)CC(CBr)(CBr)Cc1ccc2c(c1)CCC2. The van der Waals surface area contributed by atoms with E-state index < -0.39 is 0 Å². The molecular formula is C17H24Br2. The molecule has 0 bridgehead atoms. The summed E-state index contributed by atoms with van der Waals surface area (Å²) in [5.41, 5.74) is 5.04. The van der Waals surface area contributed by atoms with Crippen molar-refractivity contribution in [2.24, 2.45) is 11.3 Å². The molecule has 19 heavy (non-hydrogen) atoms. The summed E-state index contributed by atoms with van der Waals surface area (Å²) < 4.78 is 0. The third-order valence-electron chi connectivity index (χ3n) is 4.15. The average molecular weight is 388 g/mol. The molecule has 0 atom stereocenters. The van der Waals surface area contributed by atoms with E-state index in [4.69, 9.17) is 0 Å². The van der Waals surface area contributed by atoms with Crippen LogP contribution in [0, 0.1) is 11.3 Å². The number of benzene rings is 1. The molecule has 0 amide bonds. The Labute approximate surface area is 134 Å². The zero-order valence-corrected chi connectivity index (χ0v) is 15.2. The van der Waals surface area contributed by atoms with Crippen LogP contribution < -0.4 is 0 Å². The quantitative estimate of drug-likeness (QED) is 0.562. The van der Waals surface area contributed by atoms with Gasteiger partial charge in [0.15, 0.2) is 0 Å². The van der Waals surface area contributed by atoms with Crippen molar-refractivity contribution >= 4 is 31.9 Å². The fourth-order valence-electron chi connectivity index (χ4n) is 3.35. The van der Waals surface area contributed by atoms with Gasteiger partial charge in [-0.3, -0.25) is 0 Å². The van der Waals surface area contributed by atoms with Gasteiger partial charge < -0.3 is 0 Å². The zero-order chi connectivity index (χ0) is 13.9. The van der Waals surface area contributed by atoms with Gasteiger partial charge in [0.2, 0.25) is 0 Å². The van der Waals surface area contributed by atoms with Crippen molar-refractivity contribution in [1.29, 1.82) is 0 Å². The van der Waals surface area contributed by atoms with Crippen LogP contribution in [0.1, 0.15) is 43.4 Å². The highest BCUT2D eigenvalue weighted by atomic mass is 79.9. The summed E-state index contributed by atoms with van der Waals surface area (Å²) in [5.74, 6) is 0.740. The standard InChI is InChI=1S/C17H24Br2/c1-13(2)9-17(11-18,12-19)10-14-6-7-15-4-3-5-16(15)8-14/h6-8,13H,3-5,9-12H2,1-2H3. The highest BCUT2D eigenvalue weighted by Crippen LogP contribution is 2.36. The molecule has 0 nitrogen and oxygen atoms in total. The van der Waals surface area contributed by atoms with E-state index in [-0.39, 0.29) is 0 Å². The second-order valence-corrected chi connectivity index (χ2v) is 7.62. The van der Waals surface area contributed by atoms with Gasteiger partial charge in [-0.05, 0) is 60.1 Å². The first-order valence-electron chi connectivity index (χ1n) is 7.31. The van der Waals surface area contributed by atoms with Gasteiger partial charge >= 0.3 is 0 Å². The van der Waals surface area contributed by atoms with Crippen LogP contribution in [0.3, 0.4) is 0 Å². The van der Waals surface area contributed by atoms with Gasteiger partial charge in [0.05, 0.1) is 0 Å². The minimum absolute atomic E-state index is 0.348. The fourth-order valence-corrected chi connectivity index (χ4v) is 5.13. The maximum atomic E-state index is 3.75. The van der Waals surface area contributed by atoms with Crippen molar-refractivity contribution in [2.75, 3.05) is 10.7 Å². The average Bonchev–Trinajstić information content (AvgIpc) is 2.84. The lowest BCUT2D eigenvalue weighted by atomic mass is 9.78. The molecule has 1 aromatic rings. The first kappa shape index (κ1) is 15.6. The van der Waals surface area contributed by atoms with Crippen molar-refractivity contribution in [3.8, 4) is 0 Å². The minimum atomic E-state index is 0.348. The predicted molar refractivity (Wildman–Crippen MR) is 91.6 cm³/mol. The van der Waals surface area contributed by atoms with Gasteiger partial charge in [0, 0.05) is 10.7 Å². The molecule has 0 aliphatic heterocycles. The number of hydrogen-bond donors (Lipinski definition) is 0. The summed E-state index contributed by atoms with van der Waals surface area (Å²) in [7, 11) is 0. The lowest BCUT2D eigenvalue weighted by Gasteiger charge is -2.32. The molecule has 106 valence electrons. The molecule has 0 radical (unpaired) electrons. The number of fused-ring (bicyclic) bond motifs is 1. The molecule has 0 aromatic heterocycles. The molecule has 1 aliphatic carbocycles. The van der Waals surface area contributed by atoms with Crippen LogP contribution in [-0.2, 0) is 19.3 Å². The fraction of sp³-hybridized carbons (Fsp3) is 0.647. The molecule has 2 rings (SSSR count). The van der Waals surface area contributed by atoms with Crippen molar-refractivity contribution in [1.82, 2.24) is 0 Å². The minimum Gasteiger partial charge on any atom is -0.0922 e. The van der Waals surface area contributed by atoms with Gasteiger partial charge in [-0.1, -0.05) is 63.9 Å². The molecule has 2 heteroatoms. The Hall–Kier alpha value is 0.180. The van der Waals surface area contributed by atoms with E-state index in [1.54, 1.807) is 11.1 Å². The van der Waals surface area contributed by atoms with Crippen LogP contribution >= 0.6 is 31.9 Å². The van der Waals surface area contributed by atoms with Crippen LogP contribution in [0.25, 0.3) is 0 Å². The summed E-state index contributed by atoms with van der Waals surface area (Å²) in [6.45, 7) is 4.64. The number of alkyl halides is 2. The summed E-state index contributed by atoms with van der Waals surface area (Å²) >= 11 is 7.50. The van der Waals surface area contributed by atoms with Crippen LogP contribution in [0.4, 0.5) is 0 Å². The second kappa shape index (κ2) is 6.76. The third-order valence-corrected chi connectivity index (χ3v) is 6.53. The van der Waals surface area contributed by atoms with Gasteiger partial charge in [-0.2, -0.15) is 0 Å². The van der Waals surface area contributed by atoms with Gasteiger partial charge in [0.1, 0.15) is 0 Å². The molecule has 1 aliphatic rings. The van der Waals surface area contributed by atoms with E-state index in [0.29, 0.717) is 5.41 Å². The van der Waals surface area contributed by atoms with E-state index in [2.05, 4.69) is 63.9 Å². The maximum absolute atomic E-state index is 3.75. The predicted octanol–water partition coefficient (Wildman–Crippen LogP) is 5.54. The van der Waals surface area contributed by atoms with Crippen LogP contribution in [0.15, 0.2) is 18.2 Å². The lowest BCUT2D eigenvalue weighted by Crippen LogP contribution is -2.29. The van der Waals surface area contributed by atoms with Crippen molar-refractivity contribution in [3.63, 3.8) is 0 Å². The monoisotopic (exact) mass is 386 g/mol. The normalized spacial score (nSPS) is 15.0. The molecule has 0 heterocycles. The second-order valence-electron chi connectivity index (χ2n) is 6.50. The first-order chi connectivity index (χ1) is 9.08. The lowest BCUT2D eigenvalue weighted by molar-refractivity contribution is 0.304. The van der Waals surface area contributed by atoms with E-state index >= 15 is 0 Å². The van der Waals surface area contributed by atoms with E-state index in [1.165, 1.54) is 37.7 Å². The van der Waals surface area contributed by atoms with Crippen LogP contribution in [-0.4, -0.2) is 10.7 Å². The summed E-state index contributed by atoms with van der Waals surface area (Å²) in [6, 6.07) is 7.17. The molecule has 0 spiro atoms. The van der Waals surface area contributed by atoms with E-state index in [1.807, 2.05) is 0 Å². The Morgan fingerprint density at radius 2 is 1.79 bits per heavy atom. The molecule has 0 fully saturated rings. The Morgan fingerprint density at radius 1 is 1.11 bits per heavy atom. The van der Waals surface area contributed by atoms with Crippen molar-refractivity contribution in [3.05, 3.63) is 34.9 Å². The van der Waals surface area contributed by atoms with Crippen molar-refractivity contribution in [2.45, 2.75) is 46.0 Å². The summed E-state index contributed by atoms with van der Waals surface area (Å²) in [4.78, 5) is 0. The molecule has 0 unspecified atom stereocenters.